The zero-order chi connectivity index (χ0) is 24.9. The van der Waals surface area contributed by atoms with Gasteiger partial charge in [0, 0.05) is 17.8 Å². The van der Waals surface area contributed by atoms with Gasteiger partial charge in [0.1, 0.15) is 0 Å². The summed E-state index contributed by atoms with van der Waals surface area (Å²) in [7, 11) is 0. The van der Waals surface area contributed by atoms with E-state index in [9.17, 15) is 4.79 Å². The number of para-hydroxylation sites is 2. The molecule has 9 nitrogen and oxygen atoms in total. The third-order valence-corrected chi connectivity index (χ3v) is 5.71. The molecule has 35 heavy (non-hydrogen) atoms. The first-order valence-corrected chi connectivity index (χ1v) is 11.1. The van der Waals surface area contributed by atoms with Gasteiger partial charge in [0.2, 0.25) is 17.8 Å². The van der Waals surface area contributed by atoms with Crippen molar-refractivity contribution in [2.45, 2.75) is 27.3 Å². The third-order valence-electron chi connectivity index (χ3n) is 5.71. The van der Waals surface area contributed by atoms with Crippen LogP contribution in [0.5, 0.6) is 0 Å². The quantitative estimate of drug-likeness (QED) is 0.248. The number of anilines is 6. The van der Waals surface area contributed by atoms with Gasteiger partial charge in [-0.25, -0.2) is 0 Å². The van der Waals surface area contributed by atoms with E-state index in [2.05, 4.69) is 51.7 Å². The minimum atomic E-state index is -0.232. The Hall–Kier alpha value is -4.66. The van der Waals surface area contributed by atoms with E-state index < -0.39 is 0 Å². The smallest absolute Gasteiger partial charge is 0.255 e. The SMILES string of the molecule is Cc1cc(Nc2nc(N)nc(NCc3ccc(C(=O)Nc4ccccc4N)cc3)n2)cc(C)c1C. The van der Waals surface area contributed by atoms with Crippen molar-refractivity contribution >= 4 is 40.8 Å². The van der Waals surface area contributed by atoms with Crippen LogP contribution in [-0.2, 0) is 6.54 Å². The van der Waals surface area contributed by atoms with E-state index >= 15 is 0 Å². The second-order valence-electron chi connectivity index (χ2n) is 8.29. The molecule has 0 radical (unpaired) electrons. The minimum absolute atomic E-state index is 0.109. The molecule has 0 saturated carbocycles. The number of rotatable bonds is 7. The first-order valence-electron chi connectivity index (χ1n) is 11.1. The van der Waals surface area contributed by atoms with Gasteiger partial charge in [0.15, 0.2) is 0 Å². The summed E-state index contributed by atoms with van der Waals surface area (Å²) in [5.41, 5.74) is 18.8. The Morgan fingerprint density at radius 3 is 2.20 bits per heavy atom. The van der Waals surface area contributed by atoms with E-state index in [1.54, 1.807) is 24.3 Å². The van der Waals surface area contributed by atoms with E-state index in [1.165, 1.54) is 16.7 Å². The maximum absolute atomic E-state index is 12.5. The number of hydrogen-bond donors (Lipinski definition) is 5. The molecule has 1 heterocycles. The predicted octanol–water partition coefficient (Wildman–Crippen LogP) is 4.57. The molecule has 0 aliphatic carbocycles. The number of nitrogens with zero attached hydrogens (tertiary/aromatic N) is 3. The highest BCUT2D eigenvalue weighted by Gasteiger charge is 2.09. The summed E-state index contributed by atoms with van der Waals surface area (Å²) in [5, 5.41) is 9.18. The number of benzene rings is 3. The highest BCUT2D eigenvalue weighted by Crippen LogP contribution is 2.22. The zero-order valence-corrected chi connectivity index (χ0v) is 19.9. The highest BCUT2D eigenvalue weighted by molar-refractivity contribution is 6.05. The number of nitrogens with one attached hydrogen (secondary N) is 3. The topological polar surface area (TPSA) is 144 Å². The van der Waals surface area contributed by atoms with E-state index in [-0.39, 0.29) is 11.9 Å². The molecule has 0 spiro atoms. The lowest BCUT2D eigenvalue weighted by atomic mass is 10.0. The molecule has 0 saturated heterocycles. The van der Waals surface area contributed by atoms with Crippen molar-refractivity contribution in [3.63, 3.8) is 0 Å². The number of aromatic nitrogens is 3. The number of aryl methyl sites for hydroxylation is 2. The van der Waals surface area contributed by atoms with Crippen molar-refractivity contribution < 1.29 is 4.79 Å². The summed E-state index contributed by atoms with van der Waals surface area (Å²) < 4.78 is 0. The molecular formula is C26H28N8O. The van der Waals surface area contributed by atoms with Crippen LogP contribution in [0.4, 0.5) is 34.9 Å². The number of amides is 1. The molecule has 0 atom stereocenters. The number of carbonyl (C=O) groups excluding carboxylic acids is 1. The predicted molar refractivity (Wildman–Crippen MR) is 141 cm³/mol. The van der Waals surface area contributed by atoms with Gasteiger partial charge < -0.3 is 27.4 Å². The molecule has 0 bridgehead atoms. The fraction of sp³-hybridized carbons (Fsp3) is 0.154. The van der Waals surface area contributed by atoms with Gasteiger partial charge in [-0.1, -0.05) is 24.3 Å². The lowest BCUT2D eigenvalue weighted by Gasteiger charge is -2.12. The van der Waals surface area contributed by atoms with Crippen LogP contribution in [0.3, 0.4) is 0 Å². The standard InChI is InChI=1S/C26H28N8O/c1-15-12-20(13-16(2)17(15)3)30-26-33-24(28)32-25(34-26)29-14-18-8-10-19(11-9-18)23(35)31-22-7-5-4-6-21(22)27/h4-13H,14,27H2,1-3H3,(H,31,35)(H4,28,29,30,32,33,34). The first kappa shape index (κ1) is 23.5. The lowest BCUT2D eigenvalue weighted by molar-refractivity contribution is 0.102. The lowest BCUT2D eigenvalue weighted by Crippen LogP contribution is -2.13. The Balaban J connectivity index is 1.40. The van der Waals surface area contributed by atoms with Gasteiger partial charge in [-0.15, -0.1) is 0 Å². The number of carbonyl (C=O) groups is 1. The van der Waals surface area contributed by atoms with Crippen LogP contribution in [0.15, 0.2) is 60.7 Å². The normalized spacial score (nSPS) is 10.6. The van der Waals surface area contributed by atoms with Gasteiger partial charge in [-0.05, 0) is 79.4 Å². The van der Waals surface area contributed by atoms with Crippen LogP contribution < -0.4 is 27.4 Å². The van der Waals surface area contributed by atoms with E-state index in [0.717, 1.165) is 11.3 Å². The molecule has 9 heteroatoms. The second-order valence-corrected chi connectivity index (χ2v) is 8.29. The van der Waals surface area contributed by atoms with Crippen LogP contribution in [0.2, 0.25) is 0 Å². The molecule has 0 unspecified atom stereocenters. The van der Waals surface area contributed by atoms with Crippen LogP contribution in [0.25, 0.3) is 0 Å². The summed E-state index contributed by atoms with van der Waals surface area (Å²) >= 11 is 0. The molecule has 7 N–H and O–H groups in total. The molecular weight excluding hydrogens is 440 g/mol. The van der Waals surface area contributed by atoms with Gasteiger partial charge in [0.25, 0.3) is 5.91 Å². The third kappa shape index (κ3) is 5.83. The Labute approximate surface area is 204 Å². The molecule has 0 aliphatic rings. The van der Waals surface area contributed by atoms with Crippen molar-refractivity contribution in [1.29, 1.82) is 0 Å². The first-order chi connectivity index (χ1) is 16.8. The summed E-state index contributed by atoms with van der Waals surface area (Å²) in [6.45, 7) is 6.66. The van der Waals surface area contributed by atoms with Gasteiger partial charge in [0.05, 0.1) is 11.4 Å². The maximum Gasteiger partial charge on any atom is 0.255 e. The molecule has 178 valence electrons. The van der Waals surface area contributed by atoms with Crippen molar-refractivity contribution in [2.24, 2.45) is 0 Å². The maximum atomic E-state index is 12.5. The average Bonchev–Trinajstić information content (AvgIpc) is 2.82. The number of hydrogen-bond acceptors (Lipinski definition) is 8. The van der Waals surface area contributed by atoms with Gasteiger partial charge in [-0.3, -0.25) is 4.79 Å². The van der Waals surface area contributed by atoms with E-state index in [1.807, 2.05) is 36.4 Å². The van der Waals surface area contributed by atoms with Gasteiger partial charge >= 0.3 is 0 Å². The van der Waals surface area contributed by atoms with Crippen LogP contribution in [0, 0.1) is 20.8 Å². The Morgan fingerprint density at radius 2 is 1.51 bits per heavy atom. The molecule has 3 aromatic carbocycles. The van der Waals surface area contributed by atoms with Crippen molar-refractivity contribution in [1.82, 2.24) is 15.0 Å². The largest absolute Gasteiger partial charge is 0.397 e. The second kappa shape index (κ2) is 10.1. The Bertz CT molecular complexity index is 1350. The number of nitrogens with two attached hydrogens (primary N) is 2. The van der Waals surface area contributed by atoms with E-state index in [4.69, 9.17) is 11.5 Å². The number of nitrogen functional groups attached to an aromatic ring is 2. The molecule has 4 aromatic rings. The van der Waals surface area contributed by atoms with Crippen molar-refractivity contribution in [2.75, 3.05) is 27.4 Å². The summed E-state index contributed by atoms with van der Waals surface area (Å²) in [6, 6.07) is 18.4. The fourth-order valence-electron chi connectivity index (χ4n) is 3.52. The Morgan fingerprint density at radius 1 is 0.857 bits per heavy atom. The van der Waals surface area contributed by atoms with Crippen LogP contribution in [-0.4, -0.2) is 20.9 Å². The van der Waals surface area contributed by atoms with Crippen molar-refractivity contribution in [3.05, 3.63) is 88.5 Å². The average molecular weight is 469 g/mol. The Kier molecular flexibility index (Phi) is 6.77. The summed E-state index contributed by atoms with van der Waals surface area (Å²) in [4.78, 5) is 25.3. The van der Waals surface area contributed by atoms with Crippen LogP contribution >= 0.6 is 0 Å². The fourth-order valence-corrected chi connectivity index (χ4v) is 3.52. The monoisotopic (exact) mass is 468 g/mol. The minimum Gasteiger partial charge on any atom is -0.397 e. The molecule has 0 aliphatic heterocycles. The molecule has 0 fully saturated rings. The molecule has 1 aromatic heterocycles. The molecule has 4 rings (SSSR count). The summed E-state index contributed by atoms with van der Waals surface area (Å²) in [6.07, 6.45) is 0. The van der Waals surface area contributed by atoms with E-state index in [0.29, 0.717) is 35.4 Å². The van der Waals surface area contributed by atoms with Crippen molar-refractivity contribution in [3.8, 4) is 0 Å². The zero-order valence-electron chi connectivity index (χ0n) is 19.9. The highest BCUT2D eigenvalue weighted by atomic mass is 16.1. The van der Waals surface area contributed by atoms with Crippen LogP contribution in [0.1, 0.15) is 32.6 Å². The van der Waals surface area contributed by atoms with Gasteiger partial charge in [-0.2, -0.15) is 15.0 Å². The molecule has 1 amide bonds. The summed E-state index contributed by atoms with van der Waals surface area (Å²) in [5.74, 6) is 0.583.